The SMILES string of the molecule is CC(=O)N1CCN(C(=O)C2CCC(N)C2)CC1. The molecule has 1 saturated heterocycles. The van der Waals surface area contributed by atoms with Crippen molar-refractivity contribution in [2.75, 3.05) is 26.2 Å². The Labute approximate surface area is 102 Å². The minimum absolute atomic E-state index is 0.0972. The van der Waals surface area contributed by atoms with Crippen LogP contribution in [0.4, 0.5) is 0 Å². The maximum atomic E-state index is 12.2. The number of piperazine rings is 1. The van der Waals surface area contributed by atoms with Crippen molar-refractivity contribution in [2.24, 2.45) is 11.7 Å². The van der Waals surface area contributed by atoms with Gasteiger partial charge in [-0.3, -0.25) is 9.59 Å². The molecule has 96 valence electrons. The van der Waals surface area contributed by atoms with E-state index in [1.165, 1.54) is 0 Å². The number of nitrogens with two attached hydrogens (primary N) is 1. The van der Waals surface area contributed by atoms with Crippen molar-refractivity contribution < 1.29 is 9.59 Å². The molecular formula is C12H21N3O2. The van der Waals surface area contributed by atoms with Crippen LogP contribution in [-0.4, -0.2) is 53.8 Å². The first-order chi connectivity index (χ1) is 8.08. The smallest absolute Gasteiger partial charge is 0.225 e. The second-order valence-corrected chi connectivity index (χ2v) is 5.10. The van der Waals surface area contributed by atoms with Crippen molar-refractivity contribution in [3.63, 3.8) is 0 Å². The number of amides is 2. The monoisotopic (exact) mass is 239 g/mol. The molecule has 5 nitrogen and oxygen atoms in total. The molecule has 5 heteroatoms. The molecule has 2 aliphatic rings. The minimum Gasteiger partial charge on any atom is -0.339 e. The summed E-state index contributed by atoms with van der Waals surface area (Å²) in [5.41, 5.74) is 5.83. The fourth-order valence-corrected chi connectivity index (χ4v) is 2.74. The lowest BCUT2D eigenvalue weighted by Crippen LogP contribution is -2.51. The fraction of sp³-hybridized carbons (Fsp3) is 0.833. The molecule has 0 aromatic carbocycles. The van der Waals surface area contributed by atoms with Crippen molar-refractivity contribution in [1.82, 2.24) is 9.80 Å². The van der Waals surface area contributed by atoms with E-state index >= 15 is 0 Å². The van der Waals surface area contributed by atoms with Crippen LogP contribution in [0.5, 0.6) is 0 Å². The lowest BCUT2D eigenvalue weighted by atomic mass is 10.1. The third-order valence-electron chi connectivity index (χ3n) is 3.86. The van der Waals surface area contributed by atoms with Crippen molar-refractivity contribution in [3.05, 3.63) is 0 Å². The predicted octanol–water partition coefficient (Wildman–Crippen LogP) is -0.195. The van der Waals surface area contributed by atoms with Gasteiger partial charge in [-0.1, -0.05) is 0 Å². The van der Waals surface area contributed by atoms with Crippen LogP contribution in [0.2, 0.25) is 0 Å². The first kappa shape index (κ1) is 12.4. The second kappa shape index (κ2) is 5.04. The number of nitrogens with zero attached hydrogens (tertiary/aromatic N) is 2. The highest BCUT2D eigenvalue weighted by atomic mass is 16.2. The minimum atomic E-state index is 0.0972. The molecule has 2 amide bonds. The topological polar surface area (TPSA) is 66.6 Å². The molecule has 0 aromatic heterocycles. The Bertz CT molecular complexity index is 311. The zero-order valence-corrected chi connectivity index (χ0v) is 10.4. The number of hydrogen-bond donors (Lipinski definition) is 1. The molecule has 1 aliphatic carbocycles. The van der Waals surface area contributed by atoms with Crippen LogP contribution in [0.1, 0.15) is 26.2 Å². The number of carbonyl (C=O) groups is 2. The van der Waals surface area contributed by atoms with Gasteiger partial charge in [-0.15, -0.1) is 0 Å². The summed E-state index contributed by atoms with van der Waals surface area (Å²) in [7, 11) is 0. The summed E-state index contributed by atoms with van der Waals surface area (Å²) in [5.74, 6) is 0.454. The summed E-state index contributed by atoms with van der Waals surface area (Å²) in [6.45, 7) is 4.25. The lowest BCUT2D eigenvalue weighted by Gasteiger charge is -2.35. The Kier molecular flexibility index (Phi) is 3.66. The summed E-state index contributed by atoms with van der Waals surface area (Å²) in [4.78, 5) is 27.1. The van der Waals surface area contributed by atoms with Crippen molar-refractivity contribution in [3.8, 4) is 0 Å². The fourth-order valence-electron chi connectivity index (χ4n) is 2.74. The van der Waals surface area contributed by atoms with Crippen LogP contribution >= 0.6 is 0 Å². The van der Waals surface area contributed by atoms with E-state index in [0.29, 0.717) is 26.2 Å². The van der Waals surface area contributed by atoms with E-state index in [0.717, 1.165) is 19.3 Å². The lowest BCUT2D eigenvalue weighted by molar-refractivity contribution is -0.141. The van der Waals surface area contributed by atoms with Crippen LogP contribution in [0, 0.1) is 5.92 Å². The van der Waals surface area contributed by atoms with Gasteiger partial charge in [-0.25, -0.2) is 0 Å². The zero-order chi connectivity index (χ0) is 12.4. The molecule has 2 rings (SSSR count). The van der Waals surface area contributed by atoms with E-state index in [4.69, 9.17) is 5.73 Å². The van der Waals surface area contributed by atoms with Crippen LogP contribution in [0.25, 0.3) is 0 Å². The Balaban J connectivity index is 1.84. The highest BCUT2D eigenvalue weighted by molar-refractivity contribution is 5.80. The van der Waals surface area contributed by atoms with E-state index in [1.807, 2.05) is 4.90 Å². The van der Waals surface area contributed by atoms with Crippen molar-refractivity contribution in [2.45, 2.75) is 32.2 Å². The molecule has 0 spiro atoms. The van der Waals surface area contributed by atoms with Gasteiger partial charge in [0.25, 0.3) is 0 Å². The van der Waals surface area contributed by atoms with Gasteiger partial charge in [-0.2, -0.15) is 0 Å². The molecule has 0 aromatic rings. The summed E-state index contributed by atoms with van der Waals surface area (Å²) in [5, 5.41) is 0. The van der Waals surface area contributed by atoms with E-state index in [9.17, 15) is 9.59 Å². The molecule has 2 N–H and O–H groups in total. The molecular weight excluding hydrogens is 218 g/mol. The Morgan fingerprint density at radius 3 is 2.12 bits per heavy atom. The Morgan fingerprint density at radius 1 is 1.06 bits per heavy atom. The molecule has 17 heavy (non-hydrogen) atoms. The summed E-state index contributed by atoms with van der Waals surface area (Å²) in [6, 6.07) is 0.197. The second-order valence-electron chi connectivity index (χ2n) is 5.10. The third-order valence-corrected chi connectivity index (χ3v) is 3.86. The average molecular weight is 239 g/mol. The van der Waals surface area contributed by atoms with E-state index in [-0.39, 0.29) is 23.8 Å². The Hall–Kier alpha value is -1.10. The predicted molar refractivity (Wildman–Crippen MR) is 64.2 cm³/mol. The summed E-state index contributed by atoms with van der Waals surface area (Å²) >= 11 is 0. The molecule has 2 atom stereocenters. The number of hydrogen-bond acceptors (Lipinski definition) is 3. The normalized spacial score (nSPS) is 29.5. The molecule has 0 radical (unpaired) electrons. The molecule has 1 heterocycles. The van der Waals surface area contributed by atoms with E-state index in [2.05, 4.69) is 0 Å². The first-order valence-corrected chi connectivity index (χ1v) is 6.38. The molecule has 2 unspecified atom stereocenters. The highest BCUT2D eigenvalue weighted by Crippen LogP contribution is 2.26. The molecule has 0 bridgehead atoms. The van der Waals surface area contributed by atoms with Gasteiger partial charge < -0.3 is 15.5 Å². The van der Waals surface area contributed by atoms with Gasteiger partial charge >= 0.3 is 0 Å². The van der Waals surface area contributed by atoms with Crippen molar-refractivity contribution >= 4 is 11.8 Å². The van der Waals surface area contributed by atoms with Gasteiger partial charge in [0.1, 0.15) is 0 Å². The van der Waals surface area contributed by atoms with Crippen LogP contribution in [0.3, 0.4) is 0 Å². The maximum absolute atomic E-state index is 12.2. The number of carbonyl (C=O) groups excluding carboxylic acids is 2. The number of rotatable bonds is 1. The van der Waals surface area contributed by atoms with Gasteiger partial charge in [0, 0.05) is 45.1 Å². The van der Waals surface area contributed by atoms with Crippen LogP contribution in [0.15, 0.2) is 0 Å². The van der Waals surface area contributed by atoms with Gasteiger partial charge in [0.2, 0.25) is 11.8 Å². The van der Waals surface area contributed by atoms with E-state index in [1.54, 1.807) is 11.8 Å². The summed E-state index contributed by atoms with van der Waals surface area (Å²) < 4.78 is 0. The molecule has 1 saturated carbocycles. The average Bonchev–Trinajstić information content (AvgIpc) is 2.75. The Morgan fingerprint density at radius 2 is 1.65 bits per heavy atom. The van der Waals surface area contributed by atoms with Crippen LogP contribution in [-0.2, 0) is 9.59 Å². The van der Waals surface area contributed by atoms with Gasteiger partial charge in [-0.05, 0) is 19.3 Å². The van der Waals surface area contributed by atoms with Crippen molar-refractivity contribution in [1.29, 1.82) is 0 Å². The standard InChI is InChI=1S/C12H21N3O2/c1-9(16)14-4-6-15(7-5-14)12(17)10-2-3-11(13)8-10/h10-11H,2-8,13H2,1H3. The zero-order valence-electron chi connectivity index (χ0n) is 10.4. The quantitative estimate of drug-likeness (QED) is 0.689. The van der Waals surface area contributed by atoms with Crippen LogP contribution < -0.4 is 5.73 Å². The molecule has 2 fully saturated rings. The molecule has 1 aliphatic heterocycles. The summed E-state index contributed by atoms with van der Waals surface area (Å²) in [6.07, 6.45) is 2.71. The van der Waals surface area contributed by atoms with E-state index < -0.39 is 0 Å². The largest absolute Gasteiger partial charge is 0.339 e. The van der Waals surface area contributed by atoms with Gasteiger partial charge in [0.15, 0.2) is 0 Å². The third kappa shape index (κ3) is 2.77. The maximum Gasteiger partial charge on any atom is 0.225 e. The first-order valence-electron chi connectivity index (χ1n) is 6.38. The highest BCUT2D eigenvalue weighted by Gasteiger charge is 2.32. The van der Waals surface area contributed by atoms with Gasteiger partial charge in [0.05, 0.1) is 0 Å².